The second kappa shape index (κ2) is 5.85. The van der Waals surface area contributed by atoms with Crippen molar-refractivity contribution in [1.82, 2.24) is 0 Å². The molecule has 19 heavy (non-hydrogen) atoms. The molecule has 2 nitrogen and oxygen atoms in total. The number of hydrogen-bond acceptors (Lipinski definition) is 2. The Labute approximate surface area is 115 Å². The van der Waals surface area contributed by atoms with Crippen molar-refractivity contribution in [3.63, 3.8) is 0 Å². The zero-order chi connectivity index (χ0) is 13.8. The first-order valence-corrected chi connectivity index (χ1v) is 6.12. The van der Waals surface area contributed by atoms with Gasteiger partial charge in [-0.2, -0.15) is 0 Å². The highest BCUT2D eigenvalue weighted by Crippen LogP contribution is 2.14. The molecule has 0 aliphatic carbocycles. The molecule has 0 saturated carbocycles. The Bertz CT molecular complexity index is 611. The fourth-order valence-corrected chi connectivity index (χ4v) is 1.86. The van der Waals surface area contributed by atoms with Crippen LogP contribution < -0.4 is 0 Å². The van der Waals surface area contributed by atoms with Gasteiger partial charge in [0, 0.05) is 5.02 Å². The lowest BCUT2D eigenvalue weighted by molar-refractivity contribution is 0.0467. The molecule has 0 radical (unpaired) electrons. The number of esters is 1. The minimum absolute atomic E-state index is 0.0537. The second-order valence-corrected chi connectivity index (χ2v) is 4.63. The molecule has 2 aromatic rings. The van der Waals surface area contributed by atoms with Crippen LogP contribution in [0.15, 0.2) is 42.5 Å². The monoisotopic (exact) mass is 278 g/mol. The summed E-state index contributed by atoms with van der Waals surface area (Å²) in [5.74, 6) is -1.26. The maximum absolute atomic E-state index is 13.5. The van der Waals surface area contributed by atoms with Crippen molar-refractivity contribution in [3.05, 3.63) is 70.0 Å². The zero-order valence-corrected chi connectivity index (χ0v) is 11.1. The maximum atomic E-state index is 13.5. The molecule has 0 unspecified atom stereocenters. The van der Waals surface area contributed by atoms with Crippen molar-refractivity contribution >= 4 is 17.6 Å². The van der Waals surface area contributed by atoms with Crippen LogP contribution in [0.4, 0.5) is 4.39 Å². The van der Waals surface area contributed by atoms with Gasteiger partial charge in [-0.05, 0) is 36.8 Å². The smallest absolute Gasteiger partial charge is 0.341 e. The minimum Gasteiger partial charge on any atom is -0.457 e. The summed E-state index contributed by atoms with van der Waals surface area (Å²) in [6.45, 7) is 1.85. The van der Waals surface area contributed by atoms with Crippen LogP contribution in [0.3, 0.4) is 0 Å². The number of hydrogen-bond donors (Lipinski definition) is 0. The molecular weight excluding hydrogens is 267 g/mol. The van der Waals surface area contributed by atoms with Crippen molar-refractivity contribution in [2.75, 3.05) is 0 Å². The van der Waals surface area contributed by atoms with Crippen LogP contribution in [0, 0.1) is 12.7 Å². The molecule has 2 rings (SSSR count). The Kier molecular flexibility index (Phi) is 4.17. The molecule has 0 aromatic heterocycles. The Morgan fingerprint density at radius 3 is 2.79 bits per heavy atom. The predicted molar refractivity (Wildman–Crippen MR) is 71.7 cm³/mol. The Morgan fingerprint density at radius 1 is 1.26 bits per heavy atom. The van der Waals surface area contributed by atoms with Crippen molar-refractivity contribution < 1.29 is 13.9 Å². The van der Waals surface area contributed by atoms with Gasteiger partial charge >= 0.3 is 5.97 Å². The SMILES string of the molecule is Cc1ccc(F)c(C(=O)OCc2cccc(Cl)c2)c1. The summed E-state index contributed by atoms with van der Waals surface area (Å²) in [6.07, 6.45) is 0. The van der Waals surface area contributed by atoms with Gasteiger partial charge in [0.15, 0.2) is 0 Å². The quantitative estimate of drug-likeness (QED) is 0.789. The standard InChI is InChI=1S/C15H12ClFO2/c1-10-5-6-14(17)13(7-10)15(18)19-9-11-3-2-4-12(16)8-11/h2-8H,9H2,1H3. The summed E-state index contributed by atoms with van der Waals surface area (Å²) in [5.41, 5.74) is 1.51. The molecule has 0 atom stereocenters. The molecular formula is C15H12ClFO2. The van der Waals surface area contributed by atoms with E-state index in [0.717, 1.165) is 11.1 Å². The number of aryl methyl sites for hydroxylation is 1. The highest BCUT2D eigenvalue weighted by atomic mass is 35.5. The molecule has 0 saturated heterocycles. The predicted octanol–water partition coefficient (Wildman–Crippen LogP) is 4.14. The van der Waals surface area contributed by atoms with Gasteiger partial charge in [0.25, 0.3) is 0 Å². The number of ether oxygens (including phenoxy) is 1. The molecule has 0 bridgehead atoms. The number of rotatable bonds is 3. The van der Waals surface area contributed by atoms with Crippen LogP contribution in [-0.2, 0) is 11.3 Å². The minimum atomic E-state index is -0.679. The van der Waals surface area contributed by atoms with Crippen LogP contribution in [0.25, 0.3) is 0 Å². The van der Waals surface area contributed by atoms with E-state index in [2.05, 4.69) is 0 Å². The van der Waals surface area contributed by atoms with E-state index < -0.39 is 11.8 Å². The van der Waals surface area contributed by atoms with E-state index in [1.54, 1.807) is 37.3 Å². The van der Waals surface area contributed by atoms with Gasteiger partial charge in [-0.15, -0.1) is 0 Å². The van der Waals surface area contributed by atoms with Crippen LogP contribution in [-0.4, -0.2) is 5.97 Å². The van der Waals surface area contributed by atoms with Gasteiger partial charge in [0.05, 0.1) is 5.56 Å². The van der Waals surface area contributed by atoms with Gasteiger partial charge in [0.1, 0.15) is 12.4 Å². The van der Waals surface area contributed by atoms with Gasteiger partial charge in [0.2, 0.25) is 0 Å². The largest absolute Gasteiger partial charge is 0.457 e. The Balaban J connectivity index is 2.07. The highest BCUT2D eigenvalue weighted by Gasteiger charge is 2.13. The first-order chi connectivity index (χ1) is 9.06. The van der Waals surface area contributed by atoms with E-state index >= 15 is 0 Å². The van der Waals surface area contributed by atoms with E-state index in [-0.39, 0.29) is 12.2 Å². The van der Waals surface area contributed by atoms with Crippen molar-refractivity contribution in [2.24, 2.45) is 0 Å². The fraction of sp³-hybridized carbons (Fsp3) is 0.133. The zero-order valence-electron chi connectivity index (χ0n) is 10.3. The van der Waals surface area contributed by atoms with Gasteiger partial charge in [-0.3, -0.25) is 0 Å². The third-order valence-electron chi connectivity index (χ3n) is 2.60. The lowest BCUT2D eigenvalue weighted by Crippen LogP contribution is -2.08. The Hall–Kier alpha value is -1.87. The molecule has 4 heteroatoms. The number of carbonyl (C=O) groups excluding carboxylic acids is 1. The van der Waals surface area contributed by atoms with Crippen molar-refractivity contribution in [2.45, 2.75) is 13.5 Å². The first kappa shape index (κ1) is 13.6. The number of carbonyl (C=O) groups is 1. The maximum Gasteiger partial charge on any atom is 0.341 e. The summed E-state index contributed by atoms with van der Waals surface area (Å²) in [6, 6.07) is 11.3. The van der Waals surface area contributed by atoms with Gasteiger partial charge < -0.3 is 4.74 Å². The normalized spacial score (nSPS) is 10.3. The summed E-state index contributed by atoms with van der Waals surface area (Å²) in [7, 11) is 0. The molecule has 0 heterocycles. The third-order valence-corrected chi connectivity index (χ3v) is 2.84. The van der Waals surface area contributed by atoms with E-state index in [9.17, 15) is 9.18 Å². The molecule has 98 valence electrons. The fourth-order valence-electron chi connectivity index (χ4n) is 1.65. The summed E-state index contributed by atoms with van der Waals surface area (Å²) in [5, 5.41) is 0.565. The molecule has 0 amide bonds. The highest BCUT2D eigenvalue weighted by molar-refractivity contribution is 6.30. The van der Waals surface area contributed by atoms with Crippen molar-refractivity contribution in [1.29, 1.82) is 0 Å². The van der Waals surface area contributed by atoms with Crippen LogP contribution in [0.2, 0.25) is 5.02 Å². The van der Waals surface area contributed by atoms with E-state index in [1.807, 2.05) is 0 Å². The van der Waals surface area contributed by atoms with Crippen LogP contribution in [0.1, 0.15) is 21.5 Å². The molecule has 0 fully saturated rings. The van der Waals surface area contributed by atoms with Gasteiger partial charge in [-0.25, -0.2) is 9.18 Å². The molecule has 0 aliphatic heterocycles. The van der Waals surface area contributed by atoms with E-state index in [4.69, 9.17) is 16.3 Å². The topological polar surface area (TPSA) is 26.3 Å². The molecule has 0 aliphatic rings. The van der Waals surface area contributed by atoms with E-state index in [0.29, 0.717) is 5.02 Å². The Morgan fingerprint density at radius 2 is 2.05 bits per heavy atom. The average Bonchev–Trinajstić information content (AvgIpc) is 2.39. The number of benzene rings is 2. The molecule has 0 spiro atoms. The summed E-state index contributed by atoms with van der Waals surface area (Å²) >= 11 is 5.82. The lowest BCUT2D eigenvalue weighted by atomic mass is 10.1. The average molecular weight is 279 g/mol. The number of halogens is 2. The summed E-state index contributed by atoms with van der Waals surface area (Å²) in [4.78, 5) is 11.8. The van der Waals surface area contributed by atoms with Gasteiger partial charge in [-0.1, -0.05) is 35.4 Å². The first-order valence-electron chi connectivity index (χ1n) is 5.74. The third kappa shape index (κ3) is 3.55. The van der Waals surface area contributed by atoms with Crippen LogP contribution in [0.5, 0.6) is 0 Å². The van der Waals surface area contributed by atoms with Crippen LogP contribution >= 0.6 is 11.6 Å². The summed E-state index contributed by atoms with van der Waals surface area (Å²) < 4.78 is 18.6. The molecule has 0 N–H and O–H groups in total. The molecule has 2 aromatic carbocycles. The lowest BCUT2D eigenvalue weighted by Gasteiger charge is -2.06. The van der Waals surface area contributed by atoms with E-state index in [1.165, 1.54) is 12.1 Å². The van der Waals surface area contributed by atoms with Crippen molar-refractivity contribution in [3.8, 4) is 0 Å². The second-order valence-electron chi connectivity index (χ2n) is 4.19.